The van der Waals surface area contributed by atoms with Crippen LogP contribution in [0.5, 0.6) is 0 Å². The number of aliphatic hydroxyl groups is 1. The van der Waals surface area contributed by atoms with Crippen molar-refractivity contribution in [1.82, 2.24) is 4.72 Å². The zero-order valence-corrected chi connectivity index (χ0v) is 13.0. The van der Waals surface area contributed by atoms with E-state index in [2.05, 4.69) is 10.0 Å². The minimum absolute atomic E-state index is 0.0851. The molecule has 6 nitrogen and oxygen atoms in total. The van der Waals surface area contributed by atoms with Crippen molar-refractivity contribution in [2.45, 2.75) is 49.6 Å². The quantitative estimate of drug-likeness (QED) is 0.613. The van der Waals surface area contributed by atoms with Crippen LogP contribution < -0.4 is 15.8 Å². The van der Waals surface area contributed by atoms with E-state index in [1.807, 2.05) is 0 Å². The summed E-state index contributed by atoms with van der Waals surface area (Å²) < 4.78 is 26.5. The van der Waals surface area contributed by atoms with Crippen molar-refractivity contribution in [2.75, 3.05) is 17.6 Å². The lowest BCUT2D eigenvalue weighted by atomic mass is 9.92. The fourth-order valence-electron chi connectivity index (χ4n) is 2.58. The Bertz CT molecular complexity index is 589. The van der Waals surface area contributed by atoms with Crippen molar-refractivity contribution >= 4 is 21.4 Å². The van der Waals surface area contributed by atoms with Gasteiger partial charge < -0.3 is 16.2 Å². The van der Waals surface area contributed by atoms with Gasteiger partial charge in [0.2, 0.25) is 10.0 Å². The van der Waals surface area contributed by atoms with Gasteiger partial charge in [-0.2, -0.15) is 0 Å². The van der Waals surface area contributed by atoms with Crippen LogP contribution in [0.15, 0.2) is 23.1 Å². The average Bonchev–Trinajstić information content (AvgIpc) is 2.43. The molecule has 1 aliphatic carbocycles. The van der Waals surface area contributed by atoms with E-state index in [0.717, 1.165) is 25.7 Å². The number of nitrogens with one attached hydrogen (secondary N) is 2. The molecular formula is C14H23N3O3S. The third-order valence-electron chi connectivity index (χ3n) is 3.74. The standard InChI is InChI=1S/C14H23N3O3S/c1-2-16-21(19,20)10-7-8-11(15)13(9-10)17-12-5-3-4-6-14(12)18/h7-9,12,14,16-18H,2-6,15H2,1H3. The Labute approximate surface area is 125 Å². The first kappa shape index (κ1) is 16.1. The van der Waals surface area contributed by atoms with Crippen molar-refractivity contribution in [3.05, 3.63) is 18.2 Å². The summed E-state index contributed by atoms with van der Waals surface area (Å²) in [6.45, 7) is 2.06. The van der Waals surface area contributed by atoms with Crippen LogP contribution in [0, 0.1) is 0 Å². The van der Waals surface area contributed by atoms with Crippen molar-refractivity contribution in [3.8, 4) is 0 Å². The molecule has 0 radical (unpaired) electrons. The minimum atomic E-state index is -3.51. The van der Waals surface area contributed by atoms with E-state index in [1.165, 1.54) is 12.1 Å². The number of aliphatic hydroxyl groups excluding tert-OH is 1. The van der Waals surface area contributed by atoms with Crippen LogP contribution in [-0.2, 0) is 10.0 Å². The second kappa shape index (κ2) is 6.64. The van der Waals surface area contributed by atoms with Crippen LogP contribution in [0.4, 0.5) is 11.4 Å². The van der Waals surface area contributed by atoms with Crippen LogP contribution in [0.25, 0.3) is 0 Å². The lowest BCUT2D eigenvalue weighted by Gasteiger charge is -2.29. The molecule has 0 heterocycles. The molecule has 0 saturated heterocycles. The molecule has 1 saturated carbocycles. The molecule has 5 N–H and O–H groups in total. The SMILES string of the molecule is CCNS(=O)(=O)c1ccc(N)c(NC2CCCCC2O)c1. The second-order valence-electron chi connectivity index (χ2n) is 5.35. The summed E-state index contributed by atoms with van der Waals surface area (Å²) in [4.78, 5) is 0.173. The Morgan fingerprint density at radius 1 is 1.33 bits per heavy atom. The topological polar surface area (TPSA) is 104 Å². The highest BCUT2D eigenvalue weighted by molar-refractivity contribution is 7.89. The van der Waals surface area contributed by atoms with Crippen LogP contribution >= 0.6 is 0 Å². The number of sulfonamides is 1. The van der Waals surface area contributed by atoms with Gasteiger partial charge in [0.25, 0.3) is 0 Å². The first-order chi connectivity index (χ1) is 9.94. The van der Waals surface area contributed by atoms with Crippen LogP contribution in [0.2, 0.25) is 0 Å². The largest absolute Gasteiger partial charge is 0.397 e. The smallest absolute Gasteiger partial charge is 0.240 e. The zero-order chi connectivity index (χ0) is 15.5. The van der Waals surface area contributed by atoms with Gasteiger partial charge in [0.1, 0.15) is 0 Å². The summed E-state index contributed by atoms with van der Waals surface area (Å²) in [7, 11) is -3.51. The Morgan fingerprint density at radius 3 is 2.71 bits per heavy atom. The van der Waals surface area contributed by atoms with E-state index in [0.29, 0.717) is 17.9 Å². The Balaban J connectivity index is 2.23. The maximum atomic E-state index is 12.0. The van der Waals surface area contributed by atoms with E-state index >= 15 is 0 Å². The number of nitrogens with two attached hydrogens (primary N) is 1. The van der Waals surface area contributed by atoms with E-state index in [1.54, 1.807) is 13.0 Å². The van der Waals surface area contributed by atoms with Crippen molar-refractivity contribution < 1.29 is 13.5 Å². The summed E-state index contributed by atoms with van der Waals surface area (Å²) in [6, 6.07) is 4.49. The molecule has 0 aromatic heterocycles. The predicted octanol–water partition coefficient (Wildman–Crippen LogP) is 1.28. The Morgan fingerprint density at radius 2 is 2.05 bits per heavy atom. The maximum Gasteiger partial charge on any atom is 0.240 e. The molecule has 1 aromatic rings. The highest BCUT2D eigenvalue weighted by Gasteiger charge is 2.24. The van der Waals surface area contributed by atoms with Crippen molar-refractivity contribution in [3.63, 3.8) is 0 Å². The Hall–Kier alpha value is -1.31. The van der Waals surface area contributed by atoms with Crippen LogP contribution in [0.3, 0.4) is 0 Å². The summed E-state index contributed by atoms with van der Waals surface area (Å²) in [5.41, 5.74) is 6.94. The third-order valence-corrected chi connectivity index (χ3v) is 5.28. The number of hydrogen-bond acceptors (Lipinski definition) is 5. The normalized spacial score (nSPS) is 23.0. The molecule has 7 heteroatoms. The third kappa shape index (κ3) is 3.87. The second-order valence-corrected chi connectivity index (χ2v) is 7.12. The first-order valence-electron chi connectivity index (χ1n) is 7.28. The highest BCUT2D eigenvalue weighted by atomic mass is 32.2. The summed E-state index contributed by atoms with van der Waals surface area (Å²) >= 11 is 0. The molecular weight excluding hydrogens is 290 g/mol. The fourth-order valence-corrected chi connectivity index (χ4v) is 3.65. The lowest BCUT2D eigenvalue weighted by molar-refractivity contribution is 0.116. The number of rotatable bonds is 5. The fraction of sp³-hybridized carbons (Fsp3) is 0.571. The van der Waals surface area contributed by atoms with Gasteiger partial charge in [-0.3, -0.25) is 0 Å². The lowest BCUT2D eigenvalue weighted by Crippen LogP contribution is -2.36. The van der Waals surface area contributed by atoms with Gasteiger partial charge in [-0.15, -0.1) is 0 Å². The molecule has 0 amide bonds. The van der Waals surface area contributed by atoms with E-state index in [-0.39, 0.29) is 10.9 Å². The van der Waals surface area contributed by atoms with Gasteiger partial charge in [0.05, 0.1) is 28.4 Å². The Kier molecular flexibility index (Phi) is 5.08. The predicted molar refractivity (Wildman–Crippen MR) is 83.6 cm³/mol. The monoisotopic (exact) mass is 313 g/mol. The molecule has 0 bridgehead atoms. The van der Waals surface area contributed by atoms with Gasteiger partial charge in [-0.1, -0.05) is 19.8 Å². The minimum Gasteiger partial charge on any atom is -0.397 e. The van der Waals surface area contributed by atoms with Crippen LogP contribution in [-0.4, -0.2) is 32.2 Å². The summed E-state index contributed by atoms with van der Waals surface area (Å²) in [6.07, 6.45) is 3.25. The maximum absolute atomic E-state index is 12.0. The molecule has 1 aromatic carbocycles. The van der Waals surface area contributed by atoms with Gasteiger partial charge in [0, 0.05) is 6.54 Å². The van der Waals surface area contributed by atoms with Gasteiger partial charge in [-0.25, -0.2) is 13.1 Å². The van der Waals surface area contributed by atoms with Crippen molar-refractivity contribution in [2.24, 2.45) is 0 Å². The number of nitrogen functional groups attached to an aromatic ring is 1. The van der Waals surface area contributed by atoms with E-state index in [4.69, 9.17) is 5.73 Å². The van der Waals surface area contributed by atoms with Crippen molar-refractivity contribution in [1.29, 1.82) is 0 Å². The van der Waals surface area contributed by atoms with Gasteiger partial charge >= 0.3 is 0 Å². The molecule has 2 unspecified atom stereocenters. The summed E-state index contributed by atoms with van der Waals surface area (Å²) in [5.74, 6) is 0. The van der Waals surface area contributed by atoms with E-state index < -0.39 is 16.1 Å². The van der Waals surface area contributed by atoms with Gasteiger partial charge in [0.15, 0.2) is 0 Å². The first-order valence-corrected chi connectivity index (χ1v) is 8.76. The molecule has 0 aliphatic heterocycles. The molecule has 1 aliphatic rings. The summed E-state index contributed by atoms with van der Waals surface area (Å²) in [5, 5.41) is 13.2. The highest BCUT2D eigenvalue weighted by Crippen LogP contribution is 2.27. The zero-order valence-electron chi connectivity index (χ0n) is 12.2. The molecule has 118 valence electrons. The number of benzene rings is 1. The van der Waals surface area contributed by atoms with E-state index in [9.17, 15) is 13.5 Å². The number of anilines is 2. The number of hydrogen-bond donors (Lipinski definition) is 4. The van der Waals surface area contributed by atoms with Gasteiger partial charge in [-0.05, 0) is 31.0 Å². The average molecular weight is 313 g/mol. The molecule has 21 heavy (non-hydrogen) atoms. The molecule has 1 fully saturated rings. The van der Waals surface area contributed by atoms with Crippen LogP contribution in [0.1, 0.15) is 32.6 Å². The molecule has 0 spiro atoms. The molecule has 2 rings (SSSR count). The molecule has 2 atom stereocenters.